The molecule has 1 aliphatic rings. The molecule has 1 N–H and O–H groups in total. The average Bonchev–Trinajstić information content (AvgIpc) is 3.23. The lowest BCUT2D eigenvalue weighted by atomic mass is 10.1. The van der Waals surface area contributed by atoms with Gasteiger partial charge in [-0.05, 0) is 64.1 Å². The second kappa shape index (κ2) is 11.8. The molecule has 0 aliphatic carbocycles. The zero-order valence-corrected chi connectivity index (χ0v) is 22.7. The highest BCUT2D eigenvalue weighted by atomic mass is 19.1. The van der Waals surface area contributed by atoms with Gasteiger partial charge in [-0.2, -0.15) is 5.10 Å². The summed E-state index contributed by atoms with van der Waals surface area (Å²) in [5, 5.41) is 7.94. The van der Waals surface area contributed by atoms with Gasteiger partial charge in [0, 0.05) is 43.5 Å². The van der Waals surface area contributed by atoms with Gasteiger partial charge in [0.15, 0.2) is 0 Å². The predicted molar refractivity (Wildman–Crippen MR) is 148 cm³/mol. The molecule has 1 aliphatic heterocycles. The summed E-state index contributed by atoms with van der Waals surface area (Å²) in [6.07, 6.45) is 0.822. The van der Waals surface area contributed by atoms with Gasteiger partial charge in [0.25, 0.3) is 0 Å². The molecule has 2 heterocycles. The molecule has 0 radical (unpaired) electrons. The normalized spacial score (nSPS) is 15.0. The van der Waals surface area contributed by atoms with E-state index in [2.05, 4.69) is 35.9 Å². The van der Waals surface area contributed by atoms with Gasteiger partial charge in [0.1, 0.15) is 11.6 Å². The minimum atomic E-state index is -0.298. The van der Waals surface area contributed by atoms with Crippen LogP contribution in [-0.2, 0) is 6.54 Å². The Bertz CT molecular complexity index is 1200. The van der Waals surface area contributed by atoms with E-state index in [0.29, 0.717) is 12.2 Å². The van der Waals surface area contributed by atoms with Crippen molar-refractivity contribution in [2.45, 2.75) is 53.6 Å². The summed E-state index contributed by atoms with van der Waals surface area (Å²) in [7, 11) is 0. The quantitative estimate of drug-likeness (QED) is 0.432. The fourth-order valence-corrected chi connectivity index (χ4v) is 4.77. The molecule has 0 spiro atoms. The molecule has 1 fully saturated rings. The van der Waals surface area contributed by atoms with Gasteiger partial charge in [0.2, 0.25) is 0 Å². The van der Waals surface area contributed by atoms with E-state index in [-0.39, 0.29) is 17.9 Å². The van der Waals surface area contributed by atoms with Crippen molar-refractivity contribution in [3.8, 4) is 5.69 Å². The summed E-state index contributed by atoms with van der Waals surface area (Å²) in [5.41, 5.74) is 4.43. The van der Waals surface area contributed by atoms with Crippen LogP contribution in [0.1, 0.15) is 44.0 Å². The maximum absolute atomic E-state index is 14.2. The molecule has 1 saturated heterocycles. The SMILES string of the molecule is CC[C@@H](C)N(Cc1c(C)nn(-c2cccc(F)c2)c1N1CCN(CC)CC1)C(=O)Nc1ccc(C)cc1. The summed E-state index contributed by atoms with van der Waals surface area (Å²) in [6.45, 7) is 15.4. The Kier molecular flexibility index (Phi) is 8.48. The number of hydrogen-bond donors (Lipinski definition) is 1. The average molecular weight is 507 g/mol. The minimum Gasteiger partial charge on any atom is -0.354 e. The second-order valence-corrected chi connectivity index (χ2v) is 9.88. The molecule has 0 saturated carbocycles. The first kappa shape index (κ1) is 26.7. The zero-order valence-electron chi connectivity index (χ0n) is 22.7. The van der Waals surface area contributed by atoms with E-state index in [9.17, 15) is 9.18 Å². The Morgan fingerprint density at radius 2 is 1.78 bits per heavy atom. The number of urea groups is 1. The molecule has 8 heteroatoms. The van der Waals surface area contributed by atoms with Crippen LogP contribution in [0.2, 0.25) is 0 Å². The summed E-state index contributed by atoms with van der Waals surface area (Å²) >= 11 is 0. The van der Waals surface area contributed by atoms with Gasteiger partial charge in [-0.25, -0.2) is 13.9 Å². The number of aryl methyl sites for hydroxylation is 2. The number of carbonyl (C=O) groups excluding carboxylic acids is 1. The summed E-state index contributed by atoms with van der Waals surface area (Å²) in [4.78, 5) is 20.2. The van der Waals surface area contributed by atoms with Gasteiger partial charge in [-0.1, -0.05) is 37.6 Å². The van der Waals surface area contributed by atoms with Gasteiger partial charge in [0.05, 0.1) is 17.9 Å². The standard InChI is InChI=1S/C29H39FN6O/c1-6-22(4)35(29(37)31-25-13-11-21(3)12-14-25)20-27-23(5)32-36(26-10-8-9-24(30)19-26)28(27)34-17-15-33(7-2)16-18-34/h8-14,19,22H,6-7,15-18,20H2,1-5H3,(H,31,37)/t22-/m1/s1. The van der Waals surface area contributed by atoms with Crippen LogP contribution in [0.15, 0.2) is 48.5 Å². The molecule has 4 rings (SSSR count). The lowest BCUT2D eigenvalue weighted by molar-refractivity contribution is 0.187. The number of carbonyl (C=O) groups is 1. The number of piperazine rings is 1. The zero-order chi connectivity index (χ0) is 26.5. The van der Waals surface area contributed by atoms with Crippen LogP contribution in [0, 0.1) is 19.7 Å². The third-order valence-corrected chi connectivity index (χ3v) is 7.34. The van der Waals surface area contributed by atoms with Crippen LogP contribution in [0.3, 0.4) is 0 Å². The van der Waals surface area contributed by atoms with Crippen molar-refractivity contribution in [2.24, 2.45) is 0 Å². The minimum absolute atomic E-state index is 0.0205. The lowest BCUT2D eigenvalue weighted by Crippen LogP contribution is -2.47. The van der Waals surface area contributed by atoms with Crippen LogP contribution < -0.4 is 10.2 Å². The fraction of sp³-hybridized carbons (Fsp3) is 0.448. The van der Waals surface area contributed by atoms with E-state index in [0.717, 1.165) is 67.5 Å². The molecule has 37 heavy (non-hydrogen) atoms. The van der Waals surface area contributed by atoms with Crippen molar-refractivity contribution in [1.29, 1.82) is 0 Å². The number of nitrogens with one attached hydrogen (secondary N) is 1. The summed E-state index contributed by atoms with van der Waals surface area (Å²) < 4.78 is 16.1. The van der Waals surface area contributed by atoms with E-state index < -0.39 is 0 Å². The number of hydrogen-bond acceptors (Lipinski definition) is 4. The number of aromatic nitrogens is 2. The van der Waals surface area contributed by atoms with Gasteiger partial charge >= 0.3 is 6.03 Å². The van der Waals surface area contributed by atoms with Crippen molar-refractivity contribution < 1.29 is 9.18 Å². The Morgan fingerprint density at radius 3 is 2.41 bits per heavy atom. The van der Waals surface area contributed by atoms with Crippen molar-refractivity contribution in [3.05, 3.63) is 71.2 Å². The van der Waals surface area contributed by atoms with Gasteiger partial charge in [-0.15, -0.1) is 0 Å². The molecule has 0 bridgehead atoms. The molecule has 0 unspecified atom stereocenters. The topological polar surface area (TPSA) is 56.6 Å². The highest BCUT2D eigenvalue weighted by Crippen LogP contribution is 2.31. The number of halogens is 1. The van der Waals surface area contributed by atoms with Gasteiger partial charge in [-0.3, -0.25) is 0 Å². The van der Waals surface area contributed by atoms with Crippen molar-refractivity contribution >= 4 is 17.5 Å². The van der Waals surface area contributed by atoms with Crippen LogP contribution >= 0.6 is 0 Å². The lowest BCUT2D eigenvalue weighted by Gasteiger charge is -2.37. The number of likely N-dealkylation sites (N-methyl/N-ethyl adjacent to an activating group) is 1. The maximum atomic E-state index is 14.2. The first-order chi connectivity index (χ1) is 17.8. The molecule has 198 valence electrons. The van der Waals surface area contributed by atoms with E-state index in [1.54, 1.807) is 6.07 Å². The molecule has 3 aromatic rings. The Labute approximate surface area is 219 Å². The first-order valence-electron chi connectivity index (χ1n) is 13.3. The van der Waals surface area contributed by atoms with Crippen molar-refractivity contribution in [1.82, 2.24) is 19.6 Å². The molecule has 2 amide bonds. The molecule has 1 aromatic heterocycles. The van der Waals surface area contributed by atoms with Crippen LogP contribution in [0.5, 0.6) is 0 Å². The number of benzene rings is 2. The smallest absolute Gasteiger partial charge is 0.322 e. The number of rotatable bonds is 8. The van der Waals surface area contributed by atoms with E-state index in [1.807, 2.05) is 53.8 Å². The Morgan fingerprint density at radius 1 is 1.08 bits per heavy atom. The molecule has 2 aromatic carbocycles. The van der Waals surface area contributed by atoms with Crippen molar-refractivity contribution in [2.75, 3.05) is 42.9 Å². The Balaban J connectivity index is 1.71. The molecular formula is C29H39FN6O. The maximum Gasteiger partial charge on any atom is 0.322 e. The molecular weight excluding hydrogens is 467 g/mol. The highest BCUT2D eigenvalue weighted by Gasteiger charge is 2.29. The van der Waals surface area contributed by atoms with Crippen LogP contribution in [0.25, 0.3) is 5.69 Å². The third kappa shape index (κ3) is 6.13. The summed E-state index contributed by atoms with van der Waals surface area (Å²) in [6, 6.07) is 14.3. The van der Waals surface area contributed by atoms with Gasteiger partial charge < -0.3 is 20.0 Å². The third-order valence-electron chi connectivity index (χ3n) is 7.34. The fourth-order valence-electron chi connectivity index (χ4n) is 4.77. The number of anilines is 2. The summed E-state index contributed by atoms with van der Waals surface area (Å²) in [5.74, 6) is 0.642. The predicted octanol–water partition coefficient (Wildman–Crippen LogP) is 5.60. The monoisotopic (exact) mass is 506 g/mol. The highest BCUT2D eigenvalue weighted by molar-refractivity contribution is 5.89. The van der Waals surface area contributed by atoms with Crippen molar-refractivity contribution in [3.63, 3.8) is 0 Å². The largest absolute Gasteiger partial charge is 0.354 e. The van der Waals surface area contributed by atoms with Crippen LogP contribution in [0.4, 0.5) is 20.7 Å². The number of nitrogens with zero attached hydrogens (tertiary/aromatic N) is 5. The number of amides is 2. The molecule has 1 atom stereocenters. The van der Waals surface area contributed by atoms with Crippen LogP contribution in [-0.4, -0.2) is 64.4 Å². The Hall–Kier alpha value is -3.39. The van der Waals surface area contributed by atoms with E-state index in [4.69, 9.17) is 5.10 Å². The molecule has 7 nitrogen and oxygen atoms in total. The second-order valence-electron chi connectivity index (χ2n) is 9.88. The van der Waals surface area contributed by atoms with E-state index >= 15 is 0 Å². The first-order valence-corrected chi connectivity index (χ1v) is 13.3. The van der Waals surface area contributed by atoms with E-state index in [1.165, 1.54) is 12.1 Å².